The number of amides is 1. The molecule has 122 valence electrons. The van der Waals surface area contributed by atoms with E-state index >= 15 is 0 Å². The summed E-state index contributed by atoms with van der Waals surface area (Å²) < 4.78 is 0. The Bertz CT molecular complexity index is 688. The standard InChI is InChI=1S/C18H23N3OS/c1-12-5-3-8-17(13(12)2)18(22)21-16-7-4-6-15(9-16)20-10-14(19)11-23/h3-9,14,20,23H,10-11,19H2,1-2H3,(H,21,22). The Kier molecular flexibility index (Phi) is 6.07. The number of hydrogen-bond acceptors (Lipinski definition) is 4. The first-order valence-electron chi connectivity index (χ1n) is 7.59. The molecule has 5 heteroatoms. The van der Waals surface area contributed by atoms with Crippen molar-refractivity contribution in [1.82, 2.24) is 0 Å². The zero-order chi connectivity index (χ0) is 16.8. The molecule has 2 aromatic rings. The molecule has 4 N–H and O–H groups in total. The van der Waals surface area contributed by atoms with E-state index in [-0.39, 0.29) is 11.9 Å². The van der Waals surface area contributed by atoms with E-state index in [1.807, 2.05) is 56.3 Å². The van der Waals surface area contributed by atoms with Crippen molar-refractivity contribution in [3.05, 3.63) is 59.2 Å². The van der Waals surface area contributed by atoms with Gasteiger partial charge >= 0.3 is 0 Å². The maximum absolute atomic E-state index is 12.4. The maximum Gasteiger partial charge on any atom is 0.255 e. The van der Waals surface area contributed by atoms with Crippen molar-refractivity contribution in [2.24, 2.45) is 5.73 Å². The molecule has 0 heterocycles. The van der Waals surface area contributed by atoms with E-state index < -0.39 is 0 Å². The number of thiol groups is 1. The number of benzene rings is 2. The normalized spacial score (nSPS) is 11.8. The zero-order valence-electron chi connectivity index (χ0n) is 13.5. The molecule has 0 bridgehead atoms. The van der Waals surface area contributed by atoms with Gasteiger partial charge in [0.2, 0.25) is 0 Å². The summed E-state index contributed by atoms with van der Waals surface area (Å²) in [6.45, 7) is 4.60. The van der Waals surface area contributed by atoms with Crippen molar-refractivity contribution >= 4 is 29.9 Å². The fourth-order valence-corrected chi connectivity index (χ4v) is 2.35. The number of carbonyl (C=O) groups excluding carboxylic acids is 1. The highest BCUT2D eigenvalue weighted by Gasteiger charge is 2.10. The lowest BCUT2D eigenvalue weighted by Gasteiger charge is -2.13. The van der Waals surface area contributed by atoms with E-state index in [1.54, 1.807) is 0 Å². The van der Waals surface area contributed by atoms with Crippen LogP contribution in [0.3, 0.4) is 0 Å². The Morgan fingerprint density at radius 3 is 2.61 bits per heavy atom. The summed E-state index contributed by atoms with van der Waals surface area (Å²) in [6, 6.07) is 13.3. The lowest BCUT2D eigenvalue weighted by atomic mass is 10.0. The minimum absolute atomic E-state index is 0.00785. The van der Waals surface area contributed by atoms with Crippen molar-refractivity contribution in [2.45, 2.75) is 19.9 Å². The van der Waals surface area contributed by atoms with E-state index in [0.29, 0.717) is 17.9 Å². The molecule has 0 fully saturated rings. The van der Waals surface area contributed by atoms with Gasteiger partial charge in [-0.05, 0) is 49.2 Å². The molecule has 0 saturated heterocycles. The average molecular weight is 329 g/mol. The lowest BCUT2D eigenvalue weighted by molar-refractivity contribution is 0.102. The van der Waals surface area contributed by atoms with E-state index in [2.05, 4.69) is 23.3 Å². The van der Waals surface area contributed by atoms with Gasteiger partial charge in [-0.2, -0.15) is 12.6 Å². The predicted octanol–water partition coefficient (Wildman–Crippen LogP) is 3.22. The summed E-state index contributed by atoms with van der Waals surface area (Å²) in [5.41, 5.74) is 10.3. The van der Waals surface area contributed by atoms with Crippen LogP contribution in [0.1, 0.15) is 21.5 Å². The summed E-state index contributed by atoms with van der Waals surface area (Å²) in [7, 11) is 0. The van der Waals surface area contributed by atoms with Crippen molar-refractivity contribution in [3.8, 4) is 0 Å². The van der Waals surface area contributed by atoms with Gasteiger partial charge in [-0.1, -0.05) is 18.2 Å². The maximum atomic E-state index is 12.4. The molecule has 0 spiro atoms. The summed E-state index contributed by atoms with van der Waals surface area (Å²) in [6.07, 6.45) is 0. The number of nitrogens with one attached hydrogen (secondary N) is 2. The monoisotopic (exact) mass is 329 g/mol. The largest absolute Gasteiger partial charge is 0.383 e. The Morgan fingerprint density at radius 1 is 1.17 bits per heavy atom. The highest BCUT2D eigenvalue weighted by atomic mass is 32.1. The van der Waals surface area contributed by atoms with Gasteiger partial charge < -0.3 is 16.4 Å². The summed E-state index contributed by atoms with van der Waals surface area (Å²) in [5, 5.41) is 6.19. The number of nitrogens with two attached hydrogens (primary N) is 1. The van der Waals surface area contributed by atoms with Gasteiger partial charge in [0.1, 0.15) is 0 Å². The number of aryl methyl sites for hydroxylation is 1. The topological polar surface area (TPSA) is 67.2 Å². The molecule has 0 aliphatic rings. The quantitative estimate of drug-likeness (QED) is 0.615. The van der Waals surface area contributed by atoms with Crippen molar-refractivity contribution in [3.63, 3.8) is 0 Å². The Hall–Kier alpha value is -1.98. The fraction of sp³-hybridized carbons (Fsp3) is 0.278. The third-order valence-electron chi connectivity index (χ3n) is 3.77. The first kappa shape index (κ1) is 17.4. The number of hydrogen-bond donors (Lipinski definition) is 4. The van der Waals surface area contributed by atoms with E-state index in [4.69, 9.17) is 5.73 Å². The predicted molar refractivity (Wildman–Crippen MR) is 101 cm³/mol. The van der Waals surface area contributed by atoms with Gasteiger partial charge in [-0.3, -0.25) is 4.79 Å². The lowest BCUT2D eigenvalue weighted by Crippen LogP contribution is -2.30. The fourth-order valence-electron chi connectivity index (χ4n) is 2.22. The van der Waals surface area contributed by atoms with Crippen molar-refractivity contribution in [2.75, 3.05) is 22.9 Å². The second kappa shape index (κ2) is 8.04. The minimum atomic E-state index is -0.101. The van der Waals surface area contributed by atoms with Crippen LogP contribution in [0.4, 0.5) is 11.4 Å². The van der Waals surface area contributed by atoms with Crippen LogP contribution in [0.15, 0.2) is 42.5 Å². The van der Waals surface area contributed by atoms with Gasteiger partial charge in [0.25, 0.3) is 5.91 Å². The van der Waals surface area contributed by atoms with Crippen LogP contribution in [-0.4, -0.2) is 24.2 Å². The molecule has 2 aromatic carbocycles. The molecule has 4 nitrogen and oxygen atoms in total. The van der Waals surface area contributed by atoms with Crippen LogP contribution in [0, 0.1) is 13.8 Å². The molecule has 0 aromatic heterocycles. The minimum Gasteiger partial charge on any atom is -0.383 e. The smallest absolute Gasteiger partial charge is 0.255 e. The van der Waals surface area contributed by atoms with Crippen molar-refractivity contribution in [1.29, 1.82) is 0 Å². The summed E-state index contributed by atoms with van der Waals surface area (Å²) in [5.74, 6) is 0.520. The molecule has 1 atom stereocenters. The van der Waals surface area contributed by atoms with Gasteiger partial charge in [0.15, 0.2) is 0 Å². The highest BCUT2D eigenvalue weighted by molar-refractivity contribution is 7.80. The van der Waals surface area contributed by atoms with Crippen molar-refractivity contribution < 1.29 is 4.79 Å². The number of carbonyl (C=O) groups is 1. The third-order valence-corrected chi connectivity index (χ3v) is 4.24. The van der Waals surface area contributed by atoms with Gasteiger partial charge in [0.05, 0.1) is 0 Å². The Balaban J connectivity index is 2.08. The van der Waals surface area contributed by atoms with Gasteiger partial charge in [-0.25, -0.2) is 0 Å². The molecule has 1 amide bonds. The average Bonchev–Trinajstić information content (AvgIpc) is 2.55. The third kappa shape index (κ3) is 4.74. The van der Waals surface area contributed by atoms with E-state index in [9.17, 15) is 4.79 Å². The van der Waals surface area contributed by atoms with Crippen LogP contribution in [-0.2, 0) is 0 Å². The van der Waals surface area contributed by atoms with E-state index in [1.165, 1.54) is 0 Å². The Labute approximate surface area is 142 Å². The van der Waals surface area contributed by atoms with Gasteiger partial charge in [0, 0.05) is 35.3 Å². The molecule has 0 radical (unpaired) electrons. The number of rotatable bonds is 6. The second-order valence-corrected chi connectivity index (χ2v) is 5.97. The second-order valence-electron chi connectivity index (χ2n) is 5.61. The highest BCUT2D eigenvalue weighted by Crippen LogP contribution is 2.18. The first-order chi connectivity index (χ1) is 11.0. The molecular formula is C18H23N3OS. The molecule has 0 aliphatic carbocycles. The van der Waals surface area contributed by atoms with Crippen LogP contribution in [0.25, 0.3) is 0 Å². The van der Waals surface area contributed by atoms with Crippen LogP contribution < -0.4 is 16.4 Å². The zero-order valence-corrected chi connectivity index (χ0v) is 14.4. The van der Waals surface area contributed by atoms with Crippen LogP contribution >= 0.6 is 12.6 Å². The first-order valence-corrected chi connectivity index (χ1v) is 8.22. The SMILES string of the molecule is Cc1cccc(C(=O)Nc2cccc(NCC(N)CS)c2)c1C. The molecule has 2 rings (SSSR count). The molecule has 1 unspecified atom stereocenters. The summed E-state index contributed by atoms with van der Waals surface area (Å²) in [4.78, 5) is 12.4. The van der Waals surface area contributed by atoms with Crippen LogP contribution in [0.2, 0.25) is 0 Å². The molecule has 0 aliphatic heterocycles. The molecule has 0 saturated carbocycles. The number of anilines is 2. The molecule has 23 heavy (non-hydrogen) atoms. The van der Waals surface area contributed by atoms with Gasteiger partial charge in [-0.15, -0.1) is 0 Å². The van der Waals surface area contributed by atoms with Crippen LogP contribution in [0.5, 0.6) is 0 Å². The Morgan fingerprint density at radius 2 is 1.87 bits per heavy atom. The van der Waals surface area contributed by atoms with E-state index in [0.717, 1.165) is 22.5 Å². The summed E-state index contributed by atoms with van der Waals surface area (Å²) >= 11 is 4.16. The molecular weight excluding hydrogens is 306 g/mol.